The molecule has 0 radical (unpaired) electrons. The van der Waals surface area contributed by atoms with E-state index in [0.29, 0.717) is 12.0 Å². The van der Waals surface area contributed by atoms with Crippen LogP contribution >= 0.6 is 15.9 Å². The van der Waals surface area contributed by atoms with Crippen LogP contribution in [-0.2, 0) is 6.54 Å². The SMILES string of the molecule is Brc1cccc(C2CC(NCc3ccon3)C2)c1. The van der Waals surface area contributed by atoms with Gasteiger partial charge in [0.05, 0.1) is 5.69 Å². The van der Waals surface area contributed by atoms with Crippen LogP contribution in [0.4, 0.5) is 0 Å². The highest BCUT2D eigenvalue weighted by Crippen LogP contribution is 2.37. The minimum absolute atomic E-state index is 0.602. The van der Waals surface area contributed by atoms with Gasteiger partial charge in [-0.25, -0.2) is 0 Å². The van der Waals surface area contributed by atoms with Crippen LogP contribution in [0.15, 0.2) is 45.6 Å². The topological polar surface area (TPSA) is 38.1 Å². The zero-order chi connectivity index (χ0) is 12.4. The lowest BCUT2D eigenvalue weighted by Gasteiger charge is -2.36. The molecule has 0 bridgehead atoms. The van der Waals surface area contributed by atoms with Gasteiger partial charge < -0.3 is 9.84 Å². The second-order valence-electron chi connectivity index (χ2n) is 4.79. The minimum Gasteiger partial charge on any atom is -0.364 e. The Morgan fingerprint density at radius 1 is 1.33 bits per heavy atom. The van der Waals surface area contributed by atoms with E-state index in [1.54, 1.807) is 6.26 Å². The van der Waals surface area contributed by atoms with Crippen molar-refractivity contribution >= 4 is 15.9 Å². The largest absolute Gasteiger partial charge is 0.364 e. The predicted octanol–water partition coefficient (Wildman–Crippen LogP) is 3.47. The van der Waals surface area contributed by atoms with Crippen molar-refractivity contribution in [3.63, 3.8) is 0 Å². The van der Waals surface area contributed by atoms with Gasteiger partial charge in [0.2, 0.25) is 0 Å². The number of aromatic nitrogens is 1. The fourth-order valence-corrected chi connectivity index (χ4v) is 2.81. The van der Waals surface area contributed by atoms with Gasteiger partial charge in [0.15, 0.2) is 0 Å². The number of hydrogen-bond acceptors (Lipinski definition) is 3. The third-order valence-electron chi connectivity index (χ3n) is 3.52. The summed E-state index contributed by atoms with van der Waals surface area (Å²) in [6.07, 6.45) is 4.02. The fraction of sp³-hybridized carbons (Fsp3) is 0.357. The van der Waals surface area contributed by atoms with E-state index in [2.05, 4.69) is 50.7 Å². The Morgan fingerprint density at radius 2 is 2.22 bits per heavy atom. The van der Waals surface area contributed by atoms with Crippen LogP contribution in [-0.4, -0.2) is 11.2 Å². The first kappa shape index (κ1) is 11.9. The van der Waals surface area contributed by atoms with Crippen molar-refractivity contribution in [3.8, 4) is 0 Å². The van der Waals surface area contributed by atoms with E-state index in [4.69, 9.17) is 4.52 Å². The van der Waals surface area contributed by atoms with Crippen LogP contribution in [0.2, 0.25) is 0 Å². The lowest BCUT2D eigenvalue weighted by molar-refractivity contribution is 0.286. The Hall–Kier alpha value is -1.13. The summed E-state index contributed by atoms with van der Waals surface area (Å²) in [7, 11) is 0. The van der Waals surface area contributed by atoms with E-state index in [1.165, 1.54) is 22.9 Å². The van der Waals surface area contributed by atoms with Gasteiger partial charge in [0, 0.05) is 23.1 Å². The first-order chi connectivity index (χ1) is 8.81. The molecule has 0 unspecified atom stereocenters. The molecule has 1 fully saturated rings. The third kappa shape index (κ3) is 2.65. The summed E-state index contributed by atoms with van der Waals surface area (Å²) in [4.78, 5) is 0. The Kier molecular flexibility index (Phi) is 3.48. The molecule has 0 spiro atoms. The van der Waals surface area contributed by atoms with E-state index < -0.39 is 0 Å². The molecule has 1 heterocycles. The number of rotatable bonds is 4. The molecule has 1 N–H and O–H groups in total. The summed E-state index contributed by atoms with van der Waals surface area (Å²) in [5, 5.41) is 7.39. The number of halogens is 1. The lowest BCUT2D eigenvalue weighted by atomic mass is 9.76. The fourth-order valence-electron chi connectivity index (χ4n) is 2.39. The van der Waals surface area contributed by atoms with E-state index in [0.717, 1.165) is 12.2 Å². The van der Waals surface area contributed by atoms with Crippen molar-refractivity contribution in [2.24, 2.45) is 0 Å². The average molecular weight is 307 g/mol. The van der Waals surface area contributed by atoms with Crippen molar-refractivity contribution in [2.45, 2.75) is 31.3 Å². The summed E-state index contributed by atoms with van der Waals surface area (Å²) in [6.45, 7) is 0.798. The Bertz CT molecular complexity index is 506. The molecule has 3 nitrogen and oxygen atoms in total. The molecule has 1 aliphatic carbocycles. The second kappa shape index (κ2) is 5.24. The summed E-state index contributed by atoms with van der Waals surface area (Å²) >= 11 is 3.52. The van der Waals surface area contributed by atoms with Gasteiger partial charge >= 0.3 is 0 Å². The quantitative estimate of drug-likeness (QED) is 0.940. The summed E-state index contributed by atoms with van der Waals surface area (Å²) in [6, 6.07) is 11.1. The molecular weight excluding hydrogens is 292 g/mol. The van der Waals surface area contributed by atoms with Crippen LogP contribution in [0.3, 0.4) is 0 Å². The van der Waals surface area contributed by atoms with Gasteiger partial charge in [0.1, 0.15) is 6.26 Å². The Balaban J connectivity index is 1.48. The van der Waals surface area contributed by atoms with Gasteiger partial charge in [0.25, 0.3) is 0 Å². The standard InChI is InChI=1S/C14H15BrN2O/c15-12-3-1-2-10(6-12)11-7-14(8-11)16-9-13-4-5-18-17-13/h1-6,11,14,16H,7-9H2. The number of nitrogens with zero attached hydrogens (tertiary/aromatic N) is 1. The van der Waals surface area contributed by atoms with Crippen molar-refractivity contribution in [1.82, 2.24) is 10.5 Å². The maximum Gasteiger partial charge on any atom is 0.124 e. The first-order valence-electron chi connectivity index (χ1n) is 6.19. The van der Waals surface area contributed by atoms with Gasteiger partial charge in [-0.15, -0.1) is 0 Å². The highest BCUT2D eigenvalue weighted by molar-refractivity contribution is 9.10. The average Bonchev–Trinajstić information content (AvgIpc) is 2.80. The summed E-state index contributed by atoms with van der Waals surface area (Å²) in [5.41, 5.74) is 2.41. The van der Waals surface area contributed by atoms with Crippen LogP contribution in [0.25, 0.3) is 0 Å². The summed E-state index contributed by atoms with van der Waals surface area (Å²) in [5.74, 6) is 0.692. The minimum atomic E-state index is 0.602. The molecule has 0 aliphatic heterocycles. The van der Waals surface area contributed by atoms with Crippen LogP contribution < -0.4 is 5.32 Å². The number of nitrogens with one attached hydrogen (secondary N) is 1. The predicted molar refractivity (Wildman–Crippen MR) is 73.2 cm³/mol. The number of hydrogen-bond donors (Lipinski definition) is 1. The Labute approximate surface area is 115 Å². The first-order valence-corrected chi connectivity index (χ1v) is 6.98. The molecule has 2 aromatic rings. The third-order valence-corrected chi connectivity index (χ3v) is 4.01. The molecule has 18 heavy (non-hydrogen) atoms. The van der Waals surface area contributed by atoms with Gasteiger partial charge in [-0.05, 0) is 36.5 Å². The van der Waals surface area contributed by atoms with Crippen LogP contribution in [0.1, 0.15) is 30.0 Å². The maximum absolute atomic E-state index is 4.81. The highest BCUT2D eigenvalue weighted by Gasteiger charge is 2.29. The van der Waals surface area contributed by atoms with Gasteiger partial charge in [-0.3, -0.25) is 0 Å². The summed E-state index contributed by atoms with van der Waals surface area (Å²) < 4.78 is 5.97. The number of benzene rings is 1. The van der Waals surface area contributed by atoms with Crippen LogP contribution in [0.5, 0.6) is 0 Å². The zero-order valence-corrected chi connectivity index (χ0v) is 11.6. The lowest BCUT2D eigenvalue weighted by Crippen LogP contribution is -2.39. The molecule has 1 aromatic heterocycles. The molecule has 4 heteroatoms. The molecule has 1 aliphatic rings. The molecule has 1 aromatic carbocycles. The molecule has 1 saturated carbocycles. The second-order valence-corrected chi connectivity index (χ2v) is 5.71. The van der Waals surface area contributed by atoms with Crippen molar-refractivity contribution in [2.75, 3.05) is 0 Å². The van der Waals surface area contributed by atoms with Crippen LogP contribution in [0, 0.1) is 0 Å². The van der Waals surface area contributed by atoms with Crippen molar-refractivity contribution in [1.29, 1.82) is 0 Å². The van der Waals surface area contributed by atoms with Gasteiger partial charge in [-0.2, -0.15) is 0 Å². The molecule has 94 valence electrons. The van der Waals surface area contributed by atoms with E-state index in [-0.39, 0.29) is 0 Å². The van der Waals surface area contributed by atoms with E-state index >= 15 is 0 Å². The normalized spacial score (nSPS) is 22.7. The molecule has 0 saturated heterocycles. The van der Waals surface area contributed by atoms with Crippen molar-refractivity contribution < 1.29 is 4.52 Å². The maximum atomic E-state index is 4.81. The van der Waals surface area contributed by atoms with E-state index in [9.17, 15) is 0 Å². The van der Waals surface area contributed by atoms with E-state index in [1.807, 2.05) is 6.07 Å². The monoisotopic (exact) mass is 306 g/mol. The molecular formula is C14H15BrN2O. The molecule has 0 atom stereocenters. The smallest absolute Gasteiger partial charge is 0.124 e. The molecule has 0 amide bonds. The van der Waals surface area contributed by atoms with Gasteiger partial charge in [-0.1, -0.05) is 33.2 Å². The Morgan fingerprint density at radius 3 is 2.94 bits per heavy atom. The molecule has 3 rings (SSSR count). The zero-order valence-electron chi connectivity index (χ0n) is 9.97. The highest BCUT2D eigenvalue weighted by atomic mass is 79.9. The van der Waals surface area contributed by atoms with Crippen molar-refractivity contribution in [3.05, 3.63) is 52.3 Å².